The Kier molecular flexibility index (Phi) is 4.85. The molecule has 0 aliphatic carbocycles. The predicted octanol–water partition coefficient (Wildman–Crippen LogP) is 7.61. The number of halogens is 6. The molecule has 2 aliphatic heterocycles. The Hall–Kier alpha value is -2.28. The fraction of sp³-hybridized carbons (Fsp3) is 0.111. The average Bonchev–Trinajstić information content (AvgIpc) is 3.18. The SMILES string of the molecule is CC1(C)c2ccc(I(F)(F)=NI(F)F)cc2B2c3c(cccc31)-n1c3ccccc3c3cccc2c31. The van der Waals surface area contributed by atoms with E-state index in [0.29, 0.717) is 0 Å². The first-order valence-corrected chi connectivity index (χ1v) is 17.7. The summed E-state index contributed by atoms with van der Waals surface area (Å²) >= 11 is -11.0. The third-order valence-corrected chi connectivity index (χ3v) is 15.5. The van der Waals surface area contributed by atoms with Crippen LogP contribution in [0.15, 0.2) is 80.2 Å². The van der Waals surface area contributed by atoms with E-state index in [4.69, 9.17) is 0 Å². The van der Waals surface area contributed by atoms with Crippen LogP contribution in [0.1, 0.15) is 25.0 Å². The molecular formula is C27H19BF4I2N2. The summed E-state index contributed by atoms with van der Waals surface area (Å²) in [5.74, 6) is 0. The number of hydrogen-bond acceptors (Lipinski definition) is 1. The molecule has 0 N–H and O–H groups in total. The second-order valence-electron chi connectivity index (χ2n) is 9.78. The van der Waals surface area contributed by atoms with Crippen LogP contribution >= 0.6 is 40.6 Å². The first-order valence-electron chi connectivity index (χ1n) is 11.4. The van der Waals surface area contributed by atoms with Crippen LogP contribution in [-0.2, 0) is 5.41 Å². The van der Waals surface area contributed by atoms with Gasteiger partial charge in [-0.3, -0.25) is 0 Å². The number of hydrogen-bond donors (Lipinski definition) is 0. The van der Waals surface area contributed by atoms with E-state index >= 15 is 0 Å². The predicted molar refractivity (Wildman–Crippen MR) is 158 cm³/mol. The van der Waals surface area contributed by atoms with Crippen molar-refractivity contribution in [1.82, 2.24) is 4.57 Å². The van der Waals surface area contributed by atoms with Crippen LogP contribution in [0.2, 0.25) is 0 Å². The summed E-state index contributed by atoms with van der Waals surface area (Å²) in [5.41, 5.74) is 7.82. The normalized spacial score (nSPS) is 16.1. The Morgan fingerprint density at radius 1 is 0.833 bits per heavy atom. The molecule has 4 aromatic carbocycles. The van der Waals surface area contributed by atoms with Crippen molar-refractivity contribution in [2.45, 2.75) is 19.3 Å². The molecule has 7 rings (SSSR count). The van der Waals surface area contributed by atoms with Crippen molar-refractivity contribution in [3.8, 4) is 5.69 Å². The number of benzene rings is 4. The second kappa shape index (κ2) is 7.62. The van der Waals surface area contributed by atoms with Gasteiger partial charge in [0.05, 0.1) is 0 Å². The number of fused-ring (bicyclic) bond motifs is 7. The van der Waals surface area contributed by atoms with Crippen LogP contribution in [0.5, 0.6) is 0 Å². The first kappa shape index (κ1) is 22.9. The van der Waals surface area contributed by atoms with Crippen molar-refractivity contribution >= 4 is 85.6 Å². The Morgan fingerprint density at radius 3 is 2.39 bits per heavy atom. The molecular weight excluding hydrogens is 693 g/mol. The molecule has 0 saturated carbocycles. The van der Waals surface area contributed by atoms with E-state index in [2.05, 4.69) is 62.2 Å². The summed E-state index contributed by atoms with van der Waals surface area (Å²) in [6.07, 6.45) is 0. The molecule has 0 amide bonds. The van der Waals surface area contributed by atoms with Gasteiger partial charge in [0.1, 0.15) is 0 Å². The molecule has 0 unspecified atom stereocenters. The van der Waals surface area contributed by atoms with Crippen molar-refractivity contribution < 1.29 is 11.4 Å². The quantitative estimate of drug-likeness (QED) is 0.100. The van der Waals surface area contributed by atoms with Crippen LogP contribution in [0, 0.1) is 3.57 Å². The van der Waals surface area contributed by atoms with Gasteiger partial charge < -0.3 is 0 Å². The Labute approximate surface area is 220 Å². The molecule has 2 aliphatic rings. The van der Waals surface area contributed by atoms with E-state index in [0.717, 1.165) is 55.0 Å². The van der Waals surface area contributed by atoms with Crippen LogP contribution in [-0.4, -0.2) is 11.3 Å². The van der Waals surface area contributed by atoms with E-state index in [1.165, 1.54) is 12.1 Å². The molecule has 0 radical (unpaired) electrons. The van der Waals surface area contributed by atoms with Gasteiger partial charge in [0.2, 0.25) is 0 Å². The van der Waals surface area contributed by atoms with Crippen molar-refractivity contribution in [1.29, 1.82) is 0 Å². The van der Waals surface area contributed by atoms with E-state index in [1.54, 1.807) is 6.07 Å². The maximum absolute atomic E-state index is 15.0. The second-order valence-corrected chi connectivity index (χ2v) is 17.2. The van der Waals surface area contributed by atoms with Crippen LogP contribution in [0.4, 0.5) is 11.4 Å². The third-order valence-electron chi connectivity index (χ3n) is 7.71. The first-order chi connectivity index (χ1) is 17.2. The van der Waals surface area contributed by atoms with Gasteiger partial charge in [-0.25, -0.2) is 0 Å². The molecule has 1 aromatic heterocycles. The minimum absolute atomic E-state index is 0.262. The van der Waals surface area contributed by atoms with E-state index in [1.807, 2.05) is 18.2 Å². The monoisotopic (exact) mass is 712 g/mol. The van der Waals surface area contributed by atoms with Crippen molar-refractivity contribution in [2.24, 2.45) is 1.36 Å². The topological polar surface area (TPSA) is 17.3 Å². The number of para-hydroxylation sites is 2. The summed E-state index contributed by atoms with van der Waals surface area (Å²) in [7, 11) is 0. The van der Waals surface area contributed by atoms with Gasteiger partial charge in [-0.2, -0.15) is 0 Å². The molecule has 9 heteroatoms. The van der Waals surface area contributed by atoms with Crippen LogP contribution in [0.25, 0.3) is 27.5 Å². The van der Waals surface area contributed by atoms with Crippen molar-refractivity contribution in [3.05, 3.63) is 93.6 Å². The van der Waals surface area contributed by atoms with Gasteiger partial charge in [0.25, 0.3) is 0 Å². The van der Waals surface area contributed by atoms with Crippen LogP contribution in [0.3, 0.4) is 0 Å². The molecule has 2 nitrogen and oxygen atoms in total. The molecule has 0 saturated heterocycles. The summed E-state index contributed by atoms with van der Waals surface area (Å²) in [4.78, 5) is 0. The molecule has 0 fully saturated rings. The van der Waals surface area contributed by atoms with Gasteiger partial charge in [-0.15, -0.1) is 0 Å². The molecule has 182 valence electrons. The van der Waals surface area contributed by atoms with Gasteiger partial charge in [-0.05, 0) is 0 Å². The summed E-state index contributed by atoms with van der Waals surface area (Å²) in [6.45, 7) is 3.96. The zero-order valence-electron chi connectivity index (χ0n) is 19.2. The minimum atomic E-state index is -6.10. The van der Waals surface area contributed by atoms with E-state index in [-0.39, 0.29) is 10.3 Å². The van der Waals surface area contributed by atoms with Gasteiger partial charge >= 0.3 is 221 Å². The fourth-order valence-corrected chi connectivity index (χ4v) is 11.9. The third kappa shape index (κ3) is 2.95. The number of rotatable bonds is 2. The molecule has 0 bridgehead atoms. The van der Waals surface area contributed by atoms with Gasteiger partial charge in [0.15, 0.2) is 0 Å². The molecule has 36 heavy (non-hydrogen) atoms. The molecule has 0 atom stereocenters. The summed E-state index contributed by atoms with van der Waals surface area (Å²) in [6, 6.07) is 25.4. The van der Waals surface area contributed by atoms with Crippen molar-refractivity contribution in [2.75, 3.05) is 0 Å². The van der Waals surface area contributed by atoms with Gasteiger partial charge in [0, 0.05) is 0 Å². The van der Waals surface area contributed by atoms with E-state index < -0.39 is 46.1 Å². The number of aromatic nitrogens is 1. The average molecular weight is 712 g/mol. The Bertz CT molecular complexity index is 1810. The van der Waals surface area contributed by atoms with Gasteiger partial charge in [-0.1, -0.05) is 0 Å². The molecule has 0 spiro atoms. The number of nitrogens with zero attached hydrogens (tertiary/aromatic N) is 2. The van der Waals surface area contributed by atoms with Crippen LogP contribution < -0.4 is 16.4 Å². The zero-order chi connectivity index (χ0) is 25.0. The van der Waals surface area contributed by atoms with Crippen molar-refractivity contribution in [3.63, 3.8) is 0 Å². The standard InChI is InChI=1S/C27H19BF4I2N2/c1-27(2)19-14-13-16(34(31,32)35-33(29)30)15-22(19)28-21-10-5-8-18-17-7-3-4-11-23(17)36(26(18)21)24-12-6-9-20(27)25(24)28/h3-15H,1-2H3. The maximum atomic E-state index is 15.0. The fourth-order valence-electron chi connectivity index (χ4n) is 6.33. The van der Waals surface area contributed by atoms with E-state index in [9.17, 15) is 11.4 Å². The summed E-state index contributed by atoms with van der Waals surface area (Å²) < 4.78 is 60.8. The molecule has 3 heterocycles. The summed E-state index contributed by atoms with van der Waals surface area (Å²) in [5, 5.41) is 2.25. The zero-order valence-corrected chi connectivity index (χ0v) is 23.6. The Balaban J connectivity index is 1.64. The Morgan fingerprint density at radius 2 is 1.58 bits per heavy atom. The molecule has 5 aromatic rings.